The molecule has 0 spiro atoms. The topological polar surface area (TPSA) is 84.0 Å². The molecule has 0 fully saturated rings. The molecule has 2 heterocycles. The Kier molecular flexibility index (Phi) is 4.27. The molecule has 0 aromatic carbocycles. The zero-order valence-corrected chi connectivity index (χ0v) is 11.3. The van der Waals surface area contributed by atoms with Crippen LogP contribution in [0.25, 0.3) is 0 Å². The number of aromatic nitrogens is 2. The van der Waals surface area contributed by atoms with Crippen molar-refractivity contribution in [3.8, 4) is 0 Å². The summed E-state index contributed by atoms with van der Waals surface area (Å²) in [6.07, 6.45) is 3.02. The minimum Gasteiger partial charge on any atom is -0.315 e. The molecule has 2 aromatic rings. The van der Waals surface area contributed by atoms with Crippen molar-refractivity contribution < 1.29 is 9.59 Å². The zero-order chi connectivity index (χ0) is 14.5. The van der Waals surface area contributed by atoms with Crippen LogP contribution in [-0.4, -0.2) is 21.8 Å². The van der Waals surface area contributed by atoms with E-state index in [0.717, 1.165) is 5.56 Å². The third-order valence-electron chi connectivity index (χ3n) is 2.37. The predicted molar refractivity (Wildman–Crippen MR) is 75.5 cm³/mol. The van der Waals surface area contributed by atoms with E-state index in [1.165, 1.54) is 6.20 Å². The molecule has 2 N–H and O–H groups in total. The van der Waals surface area contributed by atoms with Crippen molar-refractivity contribution in [2.24, 2.45) is 0 Å². The highest BCUT2D eigenvalue weighted by Gasteiger charge is 2.16. The van der Waals surface area contributed by atoms with Crippen LogP contribution in [0, 0.1) is 6.92 Å². The van der Waals surface area contributed by atoms with Gasteiger partial charge in [-0.05, 0) is 36.8 Å². The van der Waals surface area contributed by atoms with Crippen LogP contribution in [0.15, 0.2) is 36.7 Å². The summed E-state index contributed by atoms with van der Waals surface area (Å²) < 4.78 is 0. The van der Waals surface area contributed by atoms with Crippen molar-refractivity contribution in [1.82, 2.24) is 9.97 Å². The number of hydrogen-bond acceptors (Lipinski definition) is 4. The van der Waals surface area contributed by atoms with Gasteiger partial charge >= 0.3 is 11.8 Å². The van der Waals surface area contributed by atoms with Crippen LogP contribution < -0.4 is 10.6 Å². The van der Waals surface area contributed by atoms with E-state index in [1.54, 1.807) is 30.5 Å². The molecule has 2 rings (SSSR count). The first-order valence-corrected chi connectivity index (χ1v) is 6.09. The fourth-order valence-corrected chi connectivity index (χ4v) is 1.60. The Morgan fingerprint density at radius 2 is 1.85 bits per heavy atom. The zero-order valence-electron chi connectivity index (χ0n) is 10.6. The van der Waals surface area contributed by atoms with Gasteiger partial charge in [-0.15, -0.1) is 0 Å². The van der Waals surface area contributed by atoms with Crippen molar-refractivity contribution in [1.29, 1.82) is 0 Å². The van der Waals surface area contributed by atoms with E-state index in [9.17, 15) is 9.59 Å². The molecule has 0 aliphatic rings. The van der Waals surface area contributed by atoms with E-state index in [4.69, 9.17) is 11.6 Å². The van der Waals surface area contributed by atoms with Gasteiger partial charge in [-0.1, -0.05) is 11.6 Å². The molecule has 2 aromatic heterocycles. The lowest BCUT2D eigenvalue weighted by Gasteiger charge is -2.07. The molecule has 0 atom stereocenters. The van der Waals surface area contributed by atoms with Gasteiger partial charge in [0.1, 0.15) is 5.82 Å². The fourth-order valence-electron chi connectivity index (χ4n) is 1.44. The third kappa shape index (κ3) is 3.52. The Bertz CT molecular complexity index is 660. The first-order valence-electron chi connectivity index (χ1n) is 5.72. The van der Waals surface area contributed by atoms with Crippen LogP contribution in [0.1, 0.15) is 5.56 Å². The molecule has 0 aliphatic carbocycles. The summed E-state index contributed by atoms with van der Waals surface area (Å²) in [7, 11) is 0. The molecule has 0 radical (unpaired) electrons. The van der Waals surface area contributed by atoms with Crippen LogP contribution in [0.3, 0.4) is 0 Å². The van der Waals surface area contributed by atoms with Crippen LogP contribution >= 0.6 is 11.6 Å². The highest BCUT2D eigenvalue weighted by molar-refractivity contribution is 6.44. The lowest BCUT2D eigenvalue weighted by Crippen LogP contribution is -2.29. The Hall–Kier alpha value is -2.47. The number of carbonyl (C=O) groups excluding carboxylic acids is 2. The van der Waals surface area contributed by atoms with Crippen molar-refractivity contribution in [2.45, 2.75) is 6.92 Å². The smallest absolute Gasteiger partial charge is 0.315 e. The molecular weight excluding hydrogens is 280 g/mol. The Labute approximate surface area is 120 Å². The summed E-state index contributed by atoms with van der Waals surface area (Å²) in [6.45, 7) is 1.85. The highest BCUT2D eigenvalue weighted by Crippen LogP contribution is 2.17. The van der Waals surface area contributed by atoms with E-state index < -0.39 is 11.8 Å². The first-order chi connectivity index (χ1) is 9.56. The summed E-state index contributed by atoms with van der Waals surface area (Å²) in [5, 5.41) is 4.88. The summed E-state index contributed by atoms with van der Waals surface area (Å²) in [5.41, 5.74) is 1.19. The van der Waals surface area contributed by atoms with Gasteiger partial charge in [0.25, 0.3) is 0 Å². The maximum atomic E-state index is 11.7. The second-order valence-electron chi connectivity index (χ2n) is 3.97. The maximum absolute atomic E-state index is 11.7. The lowest BCUT2D eigenvalue weighted by molar-refractivity contribution is -0.133. The first kappa shape index (κ1) is 14.0. The van der Waals surface area contributed by atoms with Gasteiger partial charge in [0.05, 0.1) is 5.69 Å². The fraction of sp³-hybridized carbons (Fsp3) is 0.0769. The predicted octanol–water partition coefficient (Wildman–Crippen LogP) is 2.02. The molecule has 20 heavy (non-hydrogen) atoms. The second kappa shape index (κ2) is 6.12. The van der Waals surface area contributed by atoms with Crippen molar-refractivity contribution in [3.05, 3.63) is 47.4 Å². The number of hydrogen-bond donors (Lipinski definition) is 2. The van der Waals surface area contributed by atoms with Gasteiger partial charge in [-0.3, -0.25) is 9.59 Å². The average molecular weight is 291 g/mol. The summed E-state index contributed by atoms with van der Waals surface area (Å²) in [6, 6.07) is 6.58. The van der Waals surface area contributed by atoms with Crippen molar-refractivity contribution >= 4 is 34.9 Å². The van der Waals surface area contributed by atoms with E-state index >= 15 is 0 Å². The van der Waals surface area contributed by atoms with E-state index in [1.807, 2.05) is 6.92 Å². The van der Waals surface area contributed by atoms with Gasteiger partial charge in [0.2, 0.25) is 0 Å². The highest BCUT2D eigenvalue weighted by atomic mass is 35.5. The Morgan fingerprint density at radius 1 is 1.10 bits per heavy atom. The van der Waals surface area contributed by atoms with Crippen molar-refractivity contribution in [3.63, 3.8) is 0 Å². The number of carbonyl (C=O) groups is 2. The normalized spacial score (nSPS) is 9.90. The SMILES string of the molecule is Cc1ccnc(NC(=O)C(=O)Nc2cccnc2Cl)c1. The molecule has 0 saturated carbocycles. The van der Waals surface area contributed by atoms with E-state index in [0.29, 0.717) is 5.82 Å². The van der Waals surface area contributed by atoms with E-state index in [2.05, 4.69) is 20.6 Å². The number of pyridine rings is 2. The van der Waals surface area contributed by atoms with Crippen LogP contribution in [0.5, 0.6) is 0 Å². The van der Waals surface area contributed by atoms with Crippen LogP contribution in [0.4, 0.5) is 11.5 Å². The maximum Gasteiger partial charge on any atom is 0.315 e. The van der Waals surface area contributed by atoms with Gasteiger partial charge < -0.3 is 10.6 Å². The molecule has 7 heteroatoms. The molecule has 6 nitrogen and oxygen atoms in total. The van der Waals surface area contributed by atoms with Crippen LogP contribution in [0.2, 0.25) is 5.15 Å². The monoisotopic (exact) mass is 290 g/mol. The molecule has 0 saturated heterocycles. The number of anilines is 2. The van der Waals surface area contributed by atoms with Gasteiger partial charge in [-0.25, -0.2) is 9.97 Å². The van der Waals surface area contributed by atoms with E-state index in [-0.39, 0.29) is 10.8 Å². The molecule has 2 amide bonds. The molecule has 0 bridgehead atoms. The third-order valence-corrected chi connectivity index (χ3v) is 2.67. The lowest BCUT2D eigenvalue weighted by atomic mass is 10.3. The van der Waals surface area contributed by atoms with Gasteiger partial charge in [-0.2, -0.15) is 0 Å². The number of amides is 2. The summed E-state index contributed by atoms with van der Waals surface area (Å²) >= 11 is 5.78. The second-order valence-corrected chi connectivity index (χ2v) is 4.33. The number of halogens is 1. The largest absolute Gasteiger partial charge is 0.315 e. The Balaban J connectivity index is 2.03. The standard InChI is InChI=1S/C13H11ClN4O2/c1-8-4-6-15-10(7-8)18-13(20)12(19)17-9-3-2-5-16-11(9)14/h2-7H,1H3,(H,17,19)(H,15,18,20). The van der Waals surface area contributed by atoms with Crippen molar-refractivity contribution in [2.75, 3.05) is 10.6 Å². The minimum atomic E-state index is -0.844. The van der Waals surface area contributed by atoms with Gasteiger partial charge in [0, 0.05) is 12.4 Å². The molecule has 102 valence electrons. The Morgan fingerprint density at radius 3 is 2.55 bits per heavy atom. The van der Waals surface area contributed by atoms with Crippen LogP contribution in [-0.2, 0) is 9.59 Å². The quantitative estimate of drug-likeness (QED) is 0.654. The number of aryl methyl sites for hydroxylation is 1. The summed E-state index contributed by atoms with van der Waals surface area (Å²) in [4.78, 5) is 31.2. The summed E-state index contributed by atoms with van der Waals surface area (Å²) in [5.74, 6) is -1.37. The molecule has 0 unspecified atom stereocenters. The molecule has 0 aliphatic heterocycles. The molecular formula is C13H11ClN4O2. The number of rotatable bonds is 2. The minimum absolute atomic E-state index is 0.113. The average Bonchev–Trinajstić information content (AvgIpc) is 2.41. The number of nitrogens with one attached hydrogen (secondary N) is 2. The number of nitrogens with zero attached hydrogens (tertiary/aromatic N) is 2. The van der Waals surface area contributed by atoms with Gasteiger partial charge in [0.15, 0.2) is 5.15 Å².